The van der Waals surface area contributed by atoms with Gasteiger partial charge in [0.05, 0.1) is 16.8 Å². The fraction of sp³-hybridized carbons (Fsp3) is 0.226. The number of nitrogens with zero attached hydrogens (tertiary/aromatic N) is 3. The molecule has 0 spiro atoms. The van der Waals surface area contributed by atoms with Gasteiger partial charge in [0.1, 0.15) is 6.54 Å². The van der Waals surface area contributed by atoms with E-state index < -0.39 is 22.5 Å². The summed E-state index contributed by atoms with van der Waals surface area (Å²) in [4.78, 5) is 13.1. The van der Waals surface area contributed by atoms with Gasteiger partial charge in [0, 0.05) is 22.6 Å². The number of rotatable bonds is 9. The van der Waals surface area contributed by atoms with Crippen LogP contribution in [0, 0.1) is 27.7 Å². The minimum atomic E-state index is -3.99. The highest BCUT2D eigenvalue weighted by Gasteiger charge is 2.28. The van der Waals surface area contributed by atoms with Gasteiger partial charge in [-0.3, -0.25) is 9.10 Å². The maximum absolute atomic E-state index is 13.6. The fourth-order valence-corrected chi connectivity index (χ4v) is 6.07. The molecule has 0 fully saturated rings. The van der Waals surface area contributed by atoms with Gasteiger partial charge < -0.3 is 4.57 Å². The average Bonchev–Trinajstić information content (AvgIpc) is 3.21. The number of aryl methyl sites for hydroxylation is 4. The number of carbonyl (C=O) groups is 1. The molecule has 1 aromatic heterocycles. The Morgan fingerprint density at radius 1 is 0.923 bits per heavy atom. The summed E-state index contributed by atoms with van der Waals surface area (Å²) in [7, 11) is -3.99. The van der Waals surface area contributed by atoms with Gasteiger partial charge in [0.15, 0.2) is 0 Å². The van der Waals surface area contributed by atoms with Gasteiger partial charge in [-0.05, 0) is 87.2 Å². The zero-order chi connectivity index (χ0) is 28.2. The van der Waals surface area contributed by atoms with Crippen LogP contribution in [0.15, 0.2) is 88.9 Å². The molecule has 1 heterocycles. The van der Waals surface area contributed by atoms with Crippen molar-refractivity contribution in [2.24, 2.45) is 5.10 Å². The number of benzene rings is 3. The van der Waals surface area contributed by atoms with Gasteiger partial charge >= 0.3 is 0 Å². The monoisotopic (exact) mass is 542 g/mol. The molecule has 3 aromatic carbocycles. The molecule has 0 bridgehead atoms. The molecule has 39 heavy (non-hydrogen) atoms. The SMILES string of the molecule is CCc1ccccc1N(CC(=O)N/N=C\c1cc(C)n(-c2ccc(C)c(C)c2)c1C)S(=O)(=O)c1ccccc1. The predicted octanol–water partition coefficient (Wildman–Crippen LogP) is 5.62. The highest BCUT2D eigenvalue weighted by molar-refractivity contribution is 7.92. The van der Waals surface area contributed by atoms with Crippen molar-refractivity contribution in [2.75, 3.05) is 10.8 Å². The summed E-state index contributed by atoms with van der Waals surface area (Å²) in [6.45, 7) is 9.74. The van der Waals surface area contributed by atoms with Crippen molar-refractivity contribution < 1.29 is 13.2 Å². The Kier molecular flexibility index (Phi) is 8.35. The van der Waals surface area contributed by atoms with Crippen LogP contribution in [-0.2, 0) is 21.2 Å². The molecule has 4 rings (SSSR count). The van der Waals surface area contributed by atoms with Crippen molar-refractivity contribution in [1.82, 2.24) is 9.99 Å². The van der Waals surface area contributed by atoms with E-state index in [1.54, 1.807) is 36.5 Å². The van der Waals surface area contributed by atoms with Gasteiger partial charge in [-0.2, -0.15) is 5.10 Å². The predicted molar refractivity (Wildman–Crippen MR) is 157 cm³/mol. The van der Waals surface area contributed by atoms with Gasteiger partial charge in [-0.15, -0.1) is 0 Å². The van der Waals surface area contributed by atoms with Crippen molar-refractivity contribution in [3.8, 4) is 5.69 Å². The van der Waals surface area contributed by atoms with E-state index in [1.807, 2.05) is 39.0 Å². The van der Waals surface area contributed by atoms with Crippen molar-refractivity contribution in [3.63, 3.8) is 0 Å². The Labute approximate surface area is 230 Å². The summed E-state index contributed by atoms with van der Waals surface area (Å²) in [5.41, 5.74) is 10.2. The second-order valence-corrected chi connectivity index (χ2v) is 11.4. The summed E-state index contributed by atoms with van der Waals surface area (Å²) in [6.07, 6.45) is 2.21. The summed E-state index contributed by atoms with van der Waals surface area (Å²) in [6, 6.07) is 23.7. The van der Waals surface area contributed by atoms with E-state index in [9.17, 15) is 13.2 Å². The Morgan fingerprint density at radius 2 is 1.62 bits per heavy atom. The molecule has 7 nitrogen and oxygen atoms in total. The molecule has 202 valence electrons. The third kappa shape index (κ3) is 5.96. The lowest BCUT2D eigenvalue weighted by molar-refractivity contribution is -0.119. The first-order valence-electron chi connectivity index (χ1n) is 12.9. The van der Waals surface area contributed by atoms with Crippen molar-refractivity contribution in [2.45, 2.75) is 45.9 Å². The highest BCUT2D eigenvalue weighted by atomic mass is 32.2. The lowest BCUT2D eigenvalue weighted by atomic mass is 10.1. The number of hydrogen-bond acceptors (Lipinski definition) is 4. The molecule has 1 amide bonds. The topological polar surface area (TPSA) is 83.8 Å². The van der Waals surface area contributed by atoms with Crippen LogP contribution in [0.2, 0.25) is 0 Å². The normalized spacial score (nSPS) is 11.6. The van der Waals surface area contributed by atoms with Crippen LogP contribution in [-0.4, -0.2) is 31.7 Å². The number of para-hydroxylation sites is 1. The largest absolute Gasteiger partial charge is 0.318 e. The lowest BCUT2D eigenvalue weighted by Gasteiger charge is -2.25. The quantitative estimate of drug-likeness (QED) is 0.220. The third-order valence-electron chi connectivity index (χ3n) is 6.87. The molecule has 0 aliphatic rings. The zero-order valence-corrected chi connectivity index (χ0v) is 23.8. The molecular formula is C31H34N4O3S. The number of sulfonamides is 1. The van der Waals surface area contributed by atoms with Crippen LogP contribution in [0.5, 0.6) is 0 Å². The number of hydrazone groups is 1. The summed E-state index contributed by atoms with van der Waals surface area (Å²) < 4.78 is 30.5. The Hall–Kier alpha value is -4.17. The van der Waals surface area contributed by atoms with E-state index in [2.05, 4.69) is 47.1 Å². The summed E-state index contributed by atoms with van der Waals surface area (Å²) in [5.74, 6) is -0.542. The molecule has 8 heteroatoms. The first-order chi connectivity index (χ1) is 18.6. The molecule has 0 atom stereocenters. The zero-order valence-electron chi connectivity index (χ0n) is 23.0. The minimum absolute atomic E-state index is 0.117. The van der Waals surface area contributed by atoms with Crippen molar-refractivity contribution in [1.29, 1.82) is 0 Å². The smallest absolute Gasteiger partial charge is 0.264 e. The van der Waals surface area contributed by atoms with Gasteiger partial charge in [0.2, 0.25) is 0 Å². The second kappa shape index (κ2) is 11.7. The Balaban J connectivity index is 1.57. The van der Waals surface area contributed by atoms with Crippen molar-refractivity contribution >= 4 is 27.8 Å². The van der Waals surface area contributed by atoms with Crippen LogP contribution in [0.3, 0.4) is 0 Å². The van der Waals surface area contributed by atoms with Crippen LogP contribution in [0.1, 0.15) is 40.6 Å². The lowest BCUT2D eigenvalue weighted by Crippen LogP contribution is -2.40. The minimum Gasteiger partial charge on any atom is -0.318 e. The molecule has 0 aliphatic heterocycles. The maximum atomic E-state index is 13.6. The van der Waals surface area contributed by atoms with Gasteiger partial charge in [-0.1, -0.05) is 49.4 Å². The molecule has 0 radical (unpaired) electrons. The second-order valence-electron chi connectivity index (χ2n) is 9.53. The van der Waals surface area contributed by atoms with Gasteiger partial charge in [0.25, 0.3) is 15.9 Å². The molecule has 0 saturated carbocycles. The number of anilines is 1. The van der Waals surface area contributed by atoms with Crippen LogP contribution in [0.25, 0.3) is 5.69 Å². The molecule has 4 aromatic rings. The van der Waals surface area contributed by atoms with Gasteiger partial charge in [-0.25, -0.2) is 13.8 Å². The molecule has 0 aliphatic carbocycles. The Bertz CT molecular complexity index is 1620. The van der Waals surface area contributed by atoms with E-state index in [-0.39, 0.29) is 4.90 Å². The summed E-state index contributed by atoms with van der Waals surface area (Å²) in [5, 5.41) is 4.17. The number of nitrogens with one attached hydrogen (secondary N) is 1. The number of aromatic nitrogens is 1. The molecule has 0 unspecified atom stereocenters. The first-order valence-corrected chi connectivity index (χ1v) is 14.3. The van der Waals surface area contributed by atoms with E-state index in [1.165, 1.54) is 23.3 Å². The molecule has 1 N–H and O–H groups in total. The molecule has 0 saturated heterocycles. The Morgan fingerprint density at radius 3 is 2.31 bits per heavy atom. The number of carbonyl (C=O) groups excluding carboxylic acids is 1. The number of hydrogen-bond donors (Lipinski definition) is 1. The summed E-state index contributed by atoms with van der Waals surface area (Å²) >= 11 is 0. The van der Waals surface area contributed by atoms with E-state index in [0.29, 0.717) is 12.1 Å². The fourth-order valence-electron chi connectivity index (χ4n) is 4.59. The van der Waals surface area contributed by atoms with Crippen molar-refractivity contribution in [3.05, 3.63) is 113 Å². The first kappa shape index (κ1) is 27.9. The molecular weight excluding hydrogens is 508 g/mol. The highest BCUT2D eigenvalue weighted by Crippen LogP contribution is 2.27. The van der Waals surface area contributed by atoms with E-state index in [4.69, 9.17) is 0 Å². The standard InChI is InChI=1S/C31H34N4O3S/c1-6-26-12-10-11-15-30(26)34(39(37,38)29-13-8-7-9-14-29)21-31(36)33-32-20-27-19-24(4)35(25(27)5)28-17-16-22(2)23(3)18-28/h7-20H,6,21H2,1-5H3,(H,33,36)/b32-20-. The third-order valence-corrected chi connectivity index (χ3v) is 8.65. The van der Waals surface area contributed by atoms with E-state index in [0.717, 1.165) is 32.5 Å². The maximum Gasteiger partial charge on any atom is 0.264 e. The average molecular weight is 543 g/mol. The van der Waals surface area contributed by atoms with Crippen LogP contribution >= 0.6 is 0 Å². The number of amides is 1. The van der Waals surface area contributed by atoms with Crippen LogP contribution < -0.4 is 9.73 Å². The van der Waals surface area contributed by atoms with Crippen LogP contribution in [0.4, 0.5) is 5.69 Å². The van der Waals surface area contributed by atoms with E-state index >= 15 is 0 Å².